The quantitative estimate of drug-likeness (QED) is 0.294. The number of benzene rings is 2. The number of hydrogen-bond acceptors (Lipinski definition) is 7. The second-order valence-corrected chi connectivity index (χ2v) is 11.1. The van der Waals surface area contributed by atoms with Crippen molar-refractivity contribution in [3.05, 3.63) is 96.3 Å². The molecule has 10 nitrogen and oxygen atoms in total. The summed E-state index contributed by atoms with van der Waals surface area (Å²) in [5.41, 5.74) is 3.12. The molecule has 0 atom stereocenters. The number of anilines is 1. The highest BCUT2D eigenvalue weighted by molar-refractivity contribution is 7.90. The molecule has 0 aliphatic rings. The van der Waals surface area contributed by atoms with Crippen LogP contribution in [0.15, 0.2) is 84.0 Å². The zero-order valence-electron chi connectivity index (χ0n) is 21.6. The number of hydrogen-bond donors (Lipinski definition) is 2. The van der Waals surface area contributed by atoms with Crippen LogP contribution < -0.4 is 5.32 Å². The van der Waals surface area contributed by atoms with Crippen LogP contribution in [0, 0.1) is 12.7 Å². The lowest BCUT2D eigenvalue weighted by atomic mass is 10.0. The summed E-state index contributed by atoms with van der Waals surface area (Å²) in [7, 11) is -3.37. The number of halogens is 1. The third-order valence-corrected chi connectivity index (χ3v) is 7.24. The fraction of sp³-hybridized carbons (Fsp3) is 0.143. The van der Waals surface area contributed by atoms with Gasteiger partial charge in [0.05, 0.1) is 29.9 Å². The van der Waals surface area contributed by atoms with Crippen molar-refractivity contribution in [3.63, 3.8) is 0 Å². The molecule has 0 aliphatic heterocycles. The van der Waals surface area contributed by atoms with E-state index in [1.165, 1.54) is 45.9 Å². The molecule has 2 N–H and O–H groups in total. The van der Waals surface area contributed by atoms with Gasteiger partial charge in [-0.1, -0.05) is 6.07 Å². The van der Waals surface area contributed by atoms with Crippen molar-refractivity contribution in [1.29, 1.82) is 0 Å². The van der Waals surface area contributed by atoms with E-state index in [0.29, 0.717) is 33.9 Å². The Hall–Kier alpha value is -4.68. The van der Waals surface area contributed by atoms with Gasteiger partial charge in [-0.05, 0) is 67.6 Å². The Kier molecular flexibility index (Phi) is 7.28. The van der Waals surface area contributed by atoms with E-state index >= 15 is 0 Å². The van der Waals surface area contributed by atoms with Gasteiger partial charge in [0.1, 0.15) is 5.82 Å². The summed E-state index contributed by atoms with van der Waals surface area (Å²) in [6, 6.07) is 17.4. The highest BCUT2D eigenvalue weighted by Crippen LogP contribution is 2.31. The minimum atomic E-state index is -3.37. The average molecular weight is 561 g/mol. The van der Waals surface area contributed by atoms with E-state index in [0.717, 1.165) is 11.9 Å². The molecular formula is C28H25FN6O4S. The zero-order valence-corrected chi connectivity index (χ0v) is 22.4. The number of nitrogens with one attached hydrogen (secondary N) is 1. The van der Waals surface area contributed by atoms with Gasteiger partial charge in [0.2, 0.25) is 0 Å². The lowest BCUT2D eigenvalue weighted by Crippen LogP contribution is -2.13. The minimum Gasteiger partial charge on any atom is -0.394 e. The summed E-state index contributed by atoms with van der Waals surface area (Å²) in [5.74, 6) is -0.511. The van der Waals surface area contributed by atoms with Gasteiger partial charge in [-0.25, -0.2) is 22.5 Å². The molecule has 0 saturated carbocycles. The van der Waals surface area contributed by atoms with Crippen molar-refractivity contribution in [1.82, 2.24) is 24.5 Å². The van der Waals surface area contributed by atoms with Gasteiger partial charge in [0.15, 0.2) is 21.3 Å². The van der Waals surface area contributed by atoms with Gasteiger partial charge in [-0.2, -0.15) is 10.2 Å². The van der Waals surface area contributed by atoms with E-state index in [1.807, 2.05) is 19.1 Å². The first-order chi connectivity index (χ1) is 19.1. The molecule has 0 saturated heterocycles. The van der Waals surface area contributed by atoms with E-state index in [9.17, 15) is 22.7 Å². The predicted octanol–water partition coefficient (Wildman–Crippen LogP) is 3.89. The maximum Gasteiger partial charge on any atom is 0.276 e. The number of nitrogens with zero attached hydrogens (tertiary/aromatic N) is 5. The molecular weight excluding hydrogens is 535 g/mol. The summed E-state index contributed by atoms with van der Waals surface area (Å²) in [4.78, 5) is 17.9. The first-order valence-electron chi connectivity index (χ1n) is 12.2. The van der Waals surface area contributed by atoms with E-state index in [1.54, 1.807) is 30.5 Å². The Labute approximate surface area is 229 Å². The molecule has 3 aromatic heterocycles. The normalized spacial score (nSPS) is 11.5. The smallest absolute Gasteiger partial charge is 0.276 e. The Balaban J connectivity index is 1.54. The summed E-state index contributed by atoms with van der Waals surface area (Å²) in [6.07, 6.45) is 4.27. The zero-order chi connectivity index (χ0) is 28.4. The molecule has 5 aromatic rings. The SMILES string of the molecule is Cc1cccc(-n2nc(C(=O)Nc3ccc(S(C)(=O)=O)cc3)cc2-c2ccc(F)c(-c3cnn(CCO)c3)c2)n1. The molecule has 0 fully saturated rings. The molecule has 0 radical (unpaired) electrons. The van der Waals surface area contributed by atoms with Crippen molar-refractivity contribution in [2.75, 3.05) is 18.2 Å². The number of aliphatic hydroxyl groups excluding tert-OH is 1. The van der Waals surface area contributed by atoms with Crippen LogP contribution in [0.1, 0.15) is 16.2 Å². The van der Waals surface area contributed by atoms with Gasteiger partial charge >= 0.3 is 0 Å². The van der Waals surface area contributed by atoms with E-state index in [-0.39, 0.29) is 23.7 Å². The number of rotatable bonds is 8. The standard InChI is InChI=1S/C28H25FN6O4S/c1-18-4-3-5-27(31-18)35-26(19-6-11-24(29)23(14-19)20-16-30-34(17-20)12-13-36)15-25(33-35)28(37)32-21-7-9-22(10-8-21)40(2,38)39/h3-11,14-17,36H,12-13H2,1-2H3,(H,32,37). The minimum absolute atomic E-state index is 0.0761. The van der Waals surface area contributed by atoms with E-state index in [4.69, 9.17) is 0 Å². The molecule has 204 valence electrons. The third-order valence-electron chi connectivity index (χ3n) is 6.11. The maximum absolute atomic E-state index is 14.9. The van der Waals surface area contributed by atoms with Crippen molar-refractivity contribution in [3.8, 4) is 28.2 Å². The number of pyridine rings is 1. The van der Waals surface area contributed by atoms with Crippen LogP contribution in [0.5, 0.6) is 0 Å². The monoisotopic (exact) mass is 560 g/mol. The first-order valence-corrected chi connectivity index (χ1v) is 14.1. The number of carbonyl (C=O) groups excluding carboxylic acids is 1. The Bertz CT molecular complexity index is 1810. The van der Waals surface area contributed by atoms with Crippen LogP contribution in [0.25, 0.3) is 28.2 Å². The highest BCUT2D eigenvalue weighted by Gasteiger charge is 2.20. The van der Waals surface area contributed by atoms with Crippen molar-refractivity contribution in [2.24, 2.45) is 0 Å². The molecule has 0 unspecified atom stereocenters. The lowest BCUT2D eigenvalue weighted by Gasteiger charge is -2.09. The molecule has 1 amide bonds. The topological polar surface area (TPSA) is 132 Å². The first kappa shape index (κ1) is 26.9. The highest BCUT2D eigenvalue weighted by atomic mass is 32.2. The van der Waals surface area contributed by atoms with Crippen LogP contribution in [0.2, 0.25) is 0 Å². The van der Waals surface area contributed by atoms with Gasteiger partial charge in [-0.3, -0.25) is 9.48 Å². The summed E-state index contributed by atoms with van der Waals surface area (Å²) in [6.45, 7) is 2.02. The lowest BCUT2D eigenvalue weighted by molar-refractivity contribution is 0.102. The molecule has 0 bridgehead atoms. The molecule has 5 rings (SSSR count). The van der Waals surface area contributed by atoms with E-state index in [2.05, 4.69) is 20.5 Å². The summed E-state index contributed by atoms with van der Waals surface area (Å²) < 4.78 is 41.4. The van der Waals surface area contributed by atoms with Crippen molar-refractivity contribution in [2.45, 2.75) is 18.4 Å². The summed E-state index contributed by atoms with van der Waals surface area (Å²) in [5, 5.41) is 20.6. The predicted molar refractivity (Wildman–Crippen MR) is 147 cm³/mol. The fourth-order valence-electron chi connectivity index (χ4n) is 4.13. The van der Waals surface area contributed by atoms with Crippen LogP contribution in [0.3, 0.4) is 0 Å². The molecule has 12 heteroatoms. The molecule has 2 aromatic carbocycles. The van der Waals surface area contributed by atoms with Gasteiger partial charge in [0.25, 0.3) is 5.91 Å². The van der Waals surface area contributed by atoms with Crippen LogP contribution in [0.4, 0.5) is 10.1 Å². The number of amides is 1. The Morgan fingerprint density at radius 2 is 1.82 bits per heavy atom. The van der Waals surface area contributed by atoms with Gasteiger partial charge < -0.3 is 10.4 Å². The van der Waals surface area contributed by atoms with Gasteiger partial charge in [0, 0.05) is 40.5 Å². The molecule has 0 spiro atoms. The number of sulfone groups is 1. The number of aliphatic hydroxyl groups is 1. The molecule has 0 aliphatic carbocycles. The molecule has 40 heavy (non-hydrogen) atoms. The summed E-state index contributed by atoms with van der Waals surface area (Å²) >= 11 is 0. The van der Waals surface area contributed by atoms with Crippen LogP contribution in [-0.4, -0.2) is 56.8 Å². The number of aryl methyl sites for hydroxylation is 1. The number of aromatic nitrogens is 5. The Morgan fingerprint density at radius 3 is 2.52 bits per heavy atom. The maximum atomic E-state index is 14.9. The second-order valence-electron chi connectivity index (χ2n) is 9.12. The molecule has 3 heterocycles. The Morgan fingerprint density at radius 1 is 1.05 bits per heavy atom. The average Bonchev–Trinajstić information content (AvgIpc) is 3.57. The third kappa shape index (κ3) is 5.67. The number of carbonyl (C=O) groups is 1. The van der Waals surface area contributed by atoms with Crippen molar-refractivity contribution >= 4 is 21.4 Å². The van der Waals surface area contributed by atoms with E-state index < -0.39 is 21.6 Å². The largest absolute Gasteiger partial charge is 0.394 e. The van der Waals surface area contributed by atoms with Crippen LogP contribution in [-0.2, 0) is 16.4 Å². The fourth-order valence-corrected chi connectivity index (χ4v) is 4.76. The van der Waals surface area contributed by atoms with Crippen LogP contribution >= 0.6 is 0 Å². The second kappa shape index (κ2) is 10.8. The van der Waals surface area contributed by atoms with Gasteiger partial charge in [-0.15, -0.1) is 0 Å². The van der Waals surface area contributed by atoms with Crippen molar-refractivity contribution < 1.29 is 22.7 Å².